The summed E-state index contributed by atoms with van der Waals surface area (Å²) in [7, 11) is 0. The van der Waals surface area contributed by atoms with Gasteiger partial charge in [-0.05, 0) is 13.8 Å². The summed E-state index contributed by atoms with van der Waals surface area (Å²) in [5, 5.41) is 4.96. The molecule has 2 rings (SSSR count). The summed E-state index contributed by atoms with van der Waals surface area (Å²) >= 11 is 0. The Morgan fingerprint density at radius 3 is 1.87 bits per heavy atom. The van der Waals surface area contributed by atoms with E-state index in [9.17, 15) is 0 Å². The molecule has 4 nitrogen and oxygen atoms in total. The van der Waals surface area contributed by atoms with Crippen LogP contribution in [0.5, 0.6) is 0 Å². The molecule has 0 aromatic heterocycles. The predicted molar refractivity (Wildman–Crippen MR) is 60.7 cm³/mol. The zero-order valence-corrected chi connectivity index (χ0v) is 9.98. The highest BCUT2D eigenvalue weighted by Gasteiger charge is 2.24. The van der Waals surface area contributed by atoms with Crippen LogP contribution in [0.25, 0.3) is 0 Å². The molecule has 2 aliphatic heterocycles. The number of piperazine rings is 1. The van der Waals surface area contributed by atoms with E-state index in [2.05, 4.69) is 28.8 Å². The van der Waals surface area contributed by atoms with Gasteiger partial charge in [0.1, 0.15) is 0 Å². The maximum Gasteiger partial charge on any atom is 0.0608 e. The quantitative estimate of drug-likeness (QED) is 0.655. The molecular formula is C11H23N3O. The minimum atomic E-state index is 0.692. The first kappa shape index (κ1) is 11.3. The molecule has 2 aliphatic rings. The van der Waals surface area contributed by atoms with Gasteiger partial charge in [-0.2, -0.15) is 0 Å². The molecular weight excluding hydrogens is 190 g/mol. The van der Waals surface area contributed by atoms with Crippen LogP contribution in [0.15, 0.2) is 0 Å². The minimum Gasteiger partial charge on any atom is -0.379 e. The standard InChI is InChI=1S/C11H23N3O/c1-11(2)12-3-5-13(6-4-12)14-7-9-15-10-8-14/h11H,3-10H2,1-2H3. The van der Waals surface area contributed by atoms with Crippen molar-refractivity contribution in [3.8, 4) is 0 Å². The summed E-state index contributed by atoms with van der Waals surface area (Å²) in [6.07, 6.45) is 0. The molecule has 0 saturated carbocycles. The van der Waals surface area contributed by atoms with E-state index in [1.807, 2.05) is 0 Å². The van der Waals surface area contributed by atoms with Gasteiger partial charge in [-0.1, -0.05) is 0 Å². The van der Waals surface area contributed by atoms with Crippen LogP contribution in [0.3, 0.4) is 0 Å². The van der Waals surface area contributed by atoms with E-state index < -0.39 is 0 Å². The van der Waals surface area contributed by atoms with Crippen LogP contribution in [-0.2, 0) is 4.74 Å². The van der Waals surface area contributed by atoms with Crippen molar-refractivity contribution >= 4 is 0 Å². The second kappa shape index (κ2) is 5.25. The second-order valence-corrected chi connectivity index (χ2v) is 4.65. The van der Waals surface area contributed by atoms with Crippen molar-refractivity contribution in [3.63, 3.8) is 0 Å². The van der Waals surface area contributed by atoms with E-state index >= 15 is 0 Å². The van der Waals surface area contributed by atoms with E-state index in [1.54, 1.807) is 0 Å². The molecule has 0 spiro atoms. The summed E-state index contributed by atoms with van der Waals surface area (Å²) in [5.74, 6) is 0. The number of ether oxygens (including phenoxy) is 1. The maximum atomic E-state index is 5.37. The van der Waals surface area contributed by atoms with Gasteiger partial charge < -0.3 is 4.74 Å². The molecule has 0 N–H and O–H groups in total. The second-order valence-electron chi connectivity index (χ2n) is 4.65. The molecule has 2 saturated heterocycles. The van der Waals surface area contributed by atoms with Gasteiger partial charge in [-0.25, -0.2) is 10.0 Å². The van der Waals surface area contributed by atoms with E-state index in [-0.39, 0.29) is 0 Å². The molecule has 0 aromatic rings. The average Bonchev–Trinajstić information content (AvgIpc) is 2.30. The third-order valence-corrected chi connectivity index (χ3v) is 3.41. The van der Waals surface area contributed by atoms with E-state index in [4.69, 9.17) is 4.74 Å². The van der Waals surface area contributed by atoms with Crippen molar-refractivity contribution < 1.29 is 4.74 Å². The van der Waals surface area contributed by atoms with Crippen molar-refractivity contribution in [2.75, 3.05) is 52.5 Å². The Balaban J connectivity index is 1.77. The van der Waals surface area contributed by atoms with Crippen molar-refractivity contribution in [1.82, 2.24) is 14.9 Å². The Bertz CT molecular complexity index is 184. The summed E-state index contributed by atoms with van der Waals surface area (Å²) in [6, 6.07) is 0.692. The third kappa shape index (κ3) is 2.91. The predicted octanol–water partition coefficient (Wildman–Crippen LogP) is 0.260. The van der Waals surface area contributed by atoms with Crippen LogP contribution in [0.4, 0.5) is 0 Å². The van der Waals surface area contributed by atoms with Crippen LogP contribution in [0.1, 0.15) is 13.8 Å². The fourth-order valence-corrected chi connectivity index (χ4v) is 2.35. The lowest BCUT2D eigenvalue weighted by atomic mass is 10.2. The Labute approximate surface area is 92.7 Å². The molecule has 88 valence electrons. The molecule has 0 amide bonds. The Morgan fingerprint density at radius 1 is 0.800 bits per heavy atom. The first-order valence-corrected chi connectivity index (χ1v) is 6.09. The molecule has 0 atom stereocenters. The molecule has 0 unspecified atom stereocenters. The number of rotatable bonds is 2. The molecule has 15 heavy (non-hydrogen) atoms. The average molecular weight is 213 g/mol. The first-order chi connectivity index (χ1) is 7.27. The molecule has 0 radical (unpaired) electrons. The van der Waals surface area contributed by atoms with Crippen LogP contribution in [0.2, 0.25) is 0 Å². The van der Waals surface area contributed by atoms with E-state index in [0.717, 1.165) is 26.3 Å². The number of hydrogen-bond acceptors (Lipinski definition) is 4. The van der Waals surface area contributed by atoms with Gasteiger partial charge in [0.15, 0.2) is 0 Å². The van der Waals surface area contributed by atoms with E-state index in [0.29, 0.717) is 6.04 Å². The van der Waals surface area contributed by atoms with Gasteiger partial charge in [0.2, 0.25) is 0 Å². The zero-order chi connectivity index (χ0) is 10.7. The Hall–Kier alpha value is -0.160. The minimum absolute atomic E-state index is 0.692. The monoisotopic (exact) mass is 213 g/mol. The van der Waals surface area contributed by atoms with Crippen LogP contribution in [0, 0.1) is 0 Å². The topological polar surface area (TPSA) is 19.0 Å². The summed E-state index contributed by atoms with van der Waals surface area (Å²) in [4.78, 5) is 2.55. The van der Waals surface area contributed by atoms with Crippen molar-refractivity contribution in [2.24, 2.45) is 0 Å². The lowest BCUT2D eigenvalue weighted by Crippen LogP contribution is -2.57. The lowest BCUT2D eigenvalue weighted by molar-refractivity contribution is -0.110. The smallest absolute Gasteiger partial charge is 0.0608 e. The van der Waals surface area contributed by atoms with Crippen molar-refractivity contribution in [2.45, 2.75) is 19.9 Å². The zero-order valence-electron chi connectivity index (χ0n) is 9.98. The maximum absolute atomic E-state index is 5.37. The fraction of sp³-hybridized carbons (Fsp3) is 1.00. The van der Waals surface area contributed by atoms with Gasteiger partial charge in [-0.15, -0.1) is 0 Å². The van der Waals surface area contributed by atoms with E-state index in [1.165, 1.54) is 26.2 Å². The van der Waals surface area contributed by atoms with Gasteiger partial charge >= 0.3 is 0 Å². The normalized spacial score (nSPS) is 27.4. The summed E-state index contributed by atoms with van der Waals surface area (Å²) < 4.78 is 5.37. The summed E-state index contributed by atoms with van der Waals surface area (Å²) in [6.45, 7) is 13.3. The number of nitrogens with zero attached hydrogens (tertiary/aromatic N) is 3. The third-order valence-electron chi connectivity index (χ3n) is 3.41. The molecule has 0 aromatic carbocycles. The summed E-state index contributed by atoms with van der Waals surface area (Å²) in [5.41, 5.74) is 0. The lowest BCUT2D eigenvalue weighted by Gasteiger charge is -2.43. The van der Waals surface area contributed by atoms with Gasteiger partial charge in [0, 0.05) is 45.3 Å². The molecule has 0 bridgehead atoms. The molecule has 0 aliphatic carbocycles. The largest absolute Gasteiger partial charge is 0.379 e. The highest BCUT2D eigenvalue weighted by atomic mass is 16.5. The van der Waals surface area contributed by atoms with Crippen LogP contribution >= 0.6 is 0 Å². The number of hydrazine groups is 1. The Morgan fingerprint density at radius 2 is 1.33 bits per heavy atom. The first-order valence-electron chi connectivity index (χ1n) is 6.09. The fourth-order valence-electron chi connectivity index (χ4n) is 2.35. The molecule has 2 fully saturated rings. The highest BCUT2D eigenvalue weighted by molar-refractivity contribution is 4.74. The van der Waals surface area contributed by atoms with Crippen molar-refractivity contribution in [1.29, 1.82) is 0 Å². The van der Waals surface area contributed by atoms with Gasteiger partial charge in [-0.3, -0.25) is 4.90 Å². The molecule has 4 heteroatoms. The SMILES string of the molecule is CC(C)N1CCN(N2CCOCC2)CC1. The number of hydrogen-bond donors (Lipinski definition) is 0. The van der Waals surface area contributed by atoms with Crippen molar-refractivity contribution in [3.05, 3.63) is 0 Å². The van der Waals surface area contributed by atoms with Gasteiger partial charge in [0.25, 0.3) is 0 Å². The molecule has 2 heterocycles. The highest BCUT2D eigenvalue weighted by Crippen LogP contribution is 2.09. The van der Waals surface area contributed by atoms with Gasteiger partial charge in [0.05, 0.1) is 13.2 Å². The van der Waals surface area contributed by atoms with Crippen LogP contribution in [-0.4, -0.2) is 73.4 Å². The van der Waals surface area contributed by atoms with Crippen LogP contribution < -0.4 is 0 Å². The Kier molecular flexibility index (Phi) is 3.97. The number of morpholine rings is 1.